The van der Waals surface area contributed by atoms with E-state index in [9.17, 15) is 5.11 Å². The van der Waals surface area contributed by atoms with Crippen molar-refractivity contribution in [3.63, 3.8) is 0 Å². The second-order valence-corrected chi connectivity index (χ2v) is 4.99. The van der Waals surface area contributed by atoms with Gasteiger partial charge in [-0.3, -0.25) is 4.90 Å². The molecule has 0 radical (unpaired) electrons. The van der Waals surface area contributed by atoms with Gasteiger partial charge in [-0.2, -0.15) is 0 Å². The summed E-state index contributed by atoms with van der Waals surface area (Å²) < 4.78 is 16.0. The van der Waals surface area contributed by atoms with Crippen LogP contribution in [-0.4, -0.2) is 43.1 Å². The zero-order valence-corrected chi connectivity index (χ0v) is 11.7. The highest BCUT2D eigenvalue weighted by molar-refractivity contribution is 5.51. The molecule has 0 spiro atoms. The zero-order chi connectivity index (χ0) is 13.8. The summed E-state index contributed by atoms with van der Waals surface area (Å²) in [6, 6.07) is 3.44. The molecule has 0 fully saturated rings. The summed E-state index contributed by atoms with van der Waals surface area (Å²) in [6.07, 6.45) is 0.243. The molecule has 1 N–H and O–H groups in total. The van der Waals surface area contributed by atoms with Crippen molar-refractivity contribution in [2.24, 2.45) is 0 Å². The Labute approximate surface area is 113 Å². The normalized spacial score (nSPS) is 13.5. The first-order valence-corrected chi connectivity index (χ1v) is 6.48. The molecule has 1 aromatic rings. The number of benzene rings is 1. The summed E-state index contributed by atoms with van der Waals surface area (Å²) in [4.78, 5) is 2.10. The smallest absolute Gasteiger partial charge is 0.231 e. The number of aromatic hydroxyl groups is 1. The van der Waals surface area contributed by atoms with Crippen molar-refractivity contribution in [3.8, 4) is 17.2 Å². The van der Waals surface area contributed by atoms with Crippen LogP contribution in [0.3, 0.4) is 0 Å². The van der Waals surface area contributed by atoms with Gasteiger partial charge in [0.1, 0.15) is 5.75 Å². The van der Waals surface area contributed by atoms with Crippen LogP contribution in [-0.2, 0) is 11.3 Å². The van der Waals surface area contributed by atoms with Crippen molar-refractivity contribution in [2.75, 3.05) is 27.0 Å². The monoisotopic (exact) mass is 267 g/mol. The SMILES string of the molecule is CC(C)OCCN(C)Cc1cc2c(cc1O)OCO2. The molecule has 0 aromatic heterocycles. The molecule has 1 heterocycles. The van der Waals surface area contributed by atoms with E-state index in [1.165, 1.54) is 0 Å². The Morgan fingerprint density at radius 1 is 1.32 bits per heavy atom. The van der Waals surface area contributed by atoms with Crippen molar-refractivity contribution in [2.45, 2.75) is 26.5 Å². The van der Waals surface area contributed by atoms with Gasteiger partial charge in [0, 0.05) is 24.7 Å². The summed E-state index contributed by atoms with van der Waals surface area (Å²) in [5.74, 6) is 1.53. The van der Waals surface area contributed by atoms with E-state index in [2.05, 4.69) is 4.90 Å². The van der Waals surface area contributed by atoms with E-state index in [1.54, 1.807) is 6.07 Å². The van der Waals surface area contributed by atoms with E-state index in [1.807, 2.05) is 27.0 Å². The third-order valence-electron chi connectivity index (χ3n) is 2.94. The maximum absolute atomic E-state index is 9.94. The standard InChI is InChI=1S/C14H21NO4/c1-10(2)17-5-4-15(3)8-11-6-13-14(7-12(11)16)19-9-18-13/h6-7,10,16H,4-5,8-9H2,1-3H3. The fourth-order valence-electron chi connectivity index (χ4n) is 1.91. The van der Waals surface area contributed by atoms with Gasteiger partial charge < -0.3 is 19.3 Å². The molecule has 0 unspecified atom stereocenters. The highest BCUT2D eigenvalue weighted by Crippen LogP contribution is 2.37. The third-order valence-corrected chi connectivity index (χ3v) is 2.94. The van der Waals surface area contributed by atoms with Gasteiger partial charge in [0.2, 0.25) is 6.79 Å². The quantitative estimate of drug-likeness (QED) is 0.854. The molecule has 0 saturated carbocycles. The van der Waals surface area contributed by atoms with Crippen molar-refractivity contribution < 1.29 is 19.3 Å². The molecule has 0 aliphatic carbocycles. The van der Waals surface area contributed by atoms with Gasteiger partial charge in [0.15, 0.2) is 11.5 Å². The molecule has 1 aliphatic heterocycles. The number of phenols is 1. The number of rotatable bonds is 6. The average molecular weight is 267 g/mol. The van der Waals surface area contributed by atoms with Gasteiger partial charge in [-0.25, -0.2) is 0 Å². The lowest BCUT2D eigenvalue weighted by atomic mass is 10.1. The Balaban J connectivity index is 1.91. The van der Waals surface area contributed by atoms with E-state index in [0.29, 0.717) is 24.7 Å². The van der Waals surface area contributed by atoms with E-state index >= 15 is 0 Å². The Hall–Kier alpha value is -1.46. The van der Waals surface area contributed by atoms with Crippen molar-refractivity contribution in [3.05, 3.63) is 17.7 Å². The van der Waals surface area contributed by atoms with Crippen LogP contribution in [0, 0.1) is 0 Å². The molecule has 0 atom stereocenters. The van der Waals surface area contributed by atoms with E-state index in [4.69, 9.17) is 14.2 Å². The summed E-state index contributed by atoms with van der Waals surface area (Å²) in [6.45, 7) is 6.39. The highest BCUT2D eigenvalue weighted by atomic mass is 16.7. The van der Waals surface area contributed by atoms with E-state index in [-0.39, 0.29) is 18.6 Å². The van der Waals surface area contributed by atoms with Gasteiger partial charge in [-0.1, -0.05) is 0 Å². The van der Waals surface area contributed by atoms with Gasteiger partial charge in [0.05, 0.1) is 12.7 Å². The number of hydrogen-bond donors (Lipinski definition) is 1. The largest absolute Gasteiger partial charge is 0.507 e. The summed E-state index contributed by atoms with van der Waals surface area (Å²) in [7, 11) is 1.99. The predicted octanol–water partition coefficient (Wildman–Crippen LogP) is 1.98. The number of hydrogen-bond acceptors (Lipinski definition) is 5. The minimum atomic E-state index is 0.219. The second kappa shape index (κ2) is 6.12. The first kappa shape index (κ1) is 14.0. The summed E-state index contributed by atoms with van der Waals surface area (Å²) in [5, 5.41) is 9.94. The lowest BCUT2D eigenvalue weighted by Crippen LogP contribution is -2.24. The van der Waals surface area contributed by atoms with Crippen LogP contribution < -0.4 is 9.47 Å². The fraction of sp³-hybridized carbons (Fsp3) is 0.571. The molecule has 19 heavy (non-hydrogen) atoms. The Morgan fingerprint density at radius 2 is 2.00 bits per heavy atom. The van der Waals surface area contributed by atoms with Gasteiger partial charge in [0.25, 0.3) is 0 Å². The summed E-state index contributed by atoms with van der Waals surface area (Å²) in [5.41, 5.74) is 0.830. The molecule has 5 heteroatoms. The van der Waals surface area contributed by atoms with Crippen LogP contribution in [0.1, 0.15) is 19.4 Å². The molecule has 0 amide bonds. The molecule has 0 saturated heterocycles. The molecule has 106 valence electrons. The van der Waals surface area contributed by atoms with Crippen molar-refractivity contribution in [1.82, 2.24) is 4.90 Å². The molecule has 0 bridgehead atoms. The number of nitrogens with zero attached hydrogens (tertiary/aromatic N) is 1. The lowest BCUT2D eigenvalue weighted by molar-refractivity contribution is 0.0626. The number of phenolic OH excluding ortho intramolecular Hbond substituents is 1. The fourth-order valence-corrected chi connectivity index (χ4v) is 1.91. The molecule has 1 aromatic carbocycles. The maximum atomic E-state index is 9.94. The Bertz CT molecular complexity index is 434. The lowest BCUT2D eigenvalue weighted by Gasteiger charge is -2.18. The Morgan fingerprint density at radius 3 is 2.68 bits per heavy atom. The first-order chi connectivity index (χ1) is 9.06. The van der Waals surface area contributed by atoms with Crippen LogP contribution in [0.5, 0.6) is 17.2 Å². The van der Waals surface area contributed by atoms with Crippen LogP contribution >= 0.6 is 0 Å². The van der Waals surface area contributed by atoms with Gasteiger partial charge in [-0.05, 0) is 27.0 Å². The van der Waals surface area contributed by atoms with E-state index in [0.717, 1.165) is 12.1 Å². The van der Waals surface area contributed by atoms with Crippen molar-refractivity contribution in [1.29, 1.82) is 0 Å². The highest BCUT2D eigenvalue weighted by Gasteiger charge is 2.17. The summed E-state index contributed by atoms with van der Waals surface area (Å²) >= 11 is 0. The van der Waals surface area contributed by atoms with Crippen molar-refractivity contribution >= 4 is 0 Å². The minimum Gasteiger partial charge on any atom is -0.507 e. The topological polar surface area (TPSA) is 51.2 Å². The molecule has 1 aliphatic rings. The molecular formula is C14H21NO4. The number of ether oxygens (including phenoxy) is 3. The average Bonchev–Trinajstić information content (AvgIpc) is 2.76. The molecular weight excluding hydrogens is 246 g/mol. The maximum Gasteiger partial charge on any atom is 0.231 e. The van der Waals surface area contributed by atoms with Gasteiger partial charge >= 0.3 is 0 Å². The zero-order valence-electron chi connectivity index (χ0n) is 11.7. The van der Waals surface area contributed by atoms with E-state index < -0.39 is 0 Å². The number of fused-ring (bicyclic) bond motifs is 1. The third kappa shape index (κ3) is 3.75. The van der Waals surface area contributed by atoms with Crippen LogP contribution in [0.15, 0.2) is 12.1 Å². The Kier molecular flexibility index (Phi) is 4.50. The number of likely N-dealkylation sites (N-methyl/N-ethyl adjacent to an activating group) is 1. The van der Waals surface area contributed by atoms with Crippen LogP contribution in [0.4, 0.5) is 0 Å². The van der Waals surface area contributed by atoms with Crippen LogP contribution in [0.2, 0.25) is 0 Å². The minimum absolute atomic E-state index is 0.219. The second-order valence-electron chi connectivity index (χ2n) is 4.99. The molecule has 2 rings (SSSR count). The van der Waals surface area contributed by atoms with Gasteiger partial charge in [-0.15, -0.1) is 0 Å². The first-order valence-electron chi connectivity index (χ1n) is 6.48. The predicted molar refractivity (Wildman–Crippen MR) is 71.7 cm³/mol. The van der Waals surface area contributed by atoms with Crippen LogP contribution in [0.25, 0.3) is 0 Å². The molecule has 5 nitrogen and oxygen atoms in total.